The van der Waals surface area contributed by atoms with Gasteiger partial charge in [0.25, 0.3) is 5.91 Å². The average molecular weight is 288 g/mol. The van der Waals surface area contributed by atoms with Gasteiger partial charge < -0.3 is 19.9 Å². The first-order valence-corrected chi connectivity index (χ1v) is 6.44. The lowest BCUT2D eigenvalue weighted by atomic mass is 10.3. The van der Waals surface area contributed by atoms with Gasteiger partial charge in [-0.05, 0) is 18.6 Å². The third kappa shape index (κ3) is 7.00. The van der Waals surface area contributed by atoms with E-state index in [4.69, 9.17) is 26.2 Å². The van der Waals surface area contributed by atoms with Crippen molar-refractivity contribution in [2.45, 2.75) is 6.42 Å². The van der Waals surface area contributed by atoms with Gasteiger partial charge >= 0.3 is 0 Å². The Kier molecular flexibility index (Phi) is 7.97. The molecule has 5 nitrogen and oxygen atoms in total. The molecule has 1 amide bonds. The van der Waals surface area contributed by atoms with Crippen molar-refractivity contribution in [1.29, 1.82) is 0 Å². The number of nitrogens with one attached hydrogen (secondary N) is 1. The van der Waals surface area contributed by atoms with Gasteiger partial charge in [0.05, 0.1) is 18.2 Å². The van der Waals surface area contributed by atoms with Crippen molar-refractivity contribution in [3.63, 3.8) is 0 Å². The van der Waals surface area contributed by atoms with Crippen LogP contribution in [0.2, 0.25) is 5.02 Å². The normalized spacial score (nSPS) is 10.2. The highest BCUT2D eigenvalue weighted by Crippen LogP contribution is 2.22. The summed E-state index contributed by atoms with van der Waals surface area (Å²) in [6, 6.07) is 6.99. The van der Waals surface area contributed by atoms with Crippen LogP contribution in [0.3, 0.4) is 0 Å². The largest absolute Gasteiger partial charge is 0.482 e. The van der Waals surface area contributed by atoms with Crippen LogP contribution in [0, 0.1) is 0 Å². The Morgan fingerprint density at radius 1 is 1.32 bits per heavy atom. The number of rotatable bonds is 9. The molecule has 0 unspecified atom stereocenters. The summed E-state index contributed by atoms with van der Waals surface area (Å²) in [6.07, 6.45) is 0.692. The fourth-order valence-electron chi connectivity index (χ4n) is 1.32. The summed E-state index contributed by atoms with van der Waals surface area (Å²) in [5.74, 6) is 0.285. The molecule has 0 heterocycles. The number of aliphatic hydroxyl groups excluding tert-OH is 1. The standard InChI is InChI=1S/C13H18ClNO4/c14-11-4-1-2-5-12(11)19-10-13(17)15-6-3-8-18-9-7-16/h1-2,4-5,16H,3,6-10H2,(H,15,17). The zero-order valence-electron chi connectivity index (χ0n) is 10.6. The van der Waals surface area contributed by atoms with E-state index in [1.54, 1.807) is 24.3 Å². The van der Waals surface area contributed by atoms with E-state index >= 15 is 0 Å². The van der Waals surface area contributed by atoms with Crippen LogP contribution in [-0.2, 0) is 9.53 Å². The predicted molar refractivity (Wildman–Crippen MR) is 72.5 cm³/mol. The van der Waals surface area contributed by atoms with Crippen LogP contribution in [0.4, 0.5) is 0 Å². The highest BCUT2D eigenvalue weighted by Gasteiger charge is 2.04. The lowest BCUT2D eigenvalue weighted by molar-refractivity contribution is -0.123. The monoisotopic (exact) mass is 287 g/mol. The van der Waals surface area contributed by atoms with Gasteiger partial charge in [0.1, 0.15) is 5.75 Å². The van der Waals surface area contributed by atoms with Gasteiger partial charge in [0.2, 0.25) is 0 Å². The Balaban J connectivity index is 2.10. The van der Waals surface area contributed by atoms with E-state index in [9.17, 15) is 4.79 Å². The van der Waals surface area contributed by atoms with Crippen LogP contribution in [0.1, 0.15) is 6.42 Å². The van der Waals surface area contributed by atoms with Crippen LogP contribution in [0.25, 0.3) is 0 Å². The smallest absolute Gasteiger partial charge is 0.257 e. The van der Waals surface area contributed by atoms with Gasteiger partial charge in [-0.3, -0.25) is 4.79 Å². The van der Waals surface area contributed by atoms with Crippen molar-refractivity contribution in [3.05, 3.63) is 29.3 Å². The quantitative estimate of drug-likeness (QED) is 0.671. The summed E-state index contributed by atoms with van der Waals surface area (Å²) in [4.78, 5) is 11.5. The Morgan fingerprint density at radius 2 is 2.11 bits per heavy atom. The van der Waals surface area contributed by atoms with Crippen molar-refractivity contribution in [3.8, 4) is 5.75 Å². The van der Waals surface area contributed by atoms with Crippen molar-refractivity contribution in [2.75, 3.05) is 33.0 Å². The number of aliphatic hydroxyl groups is 1. The summed E-state index contributed by atoms with van der Waals surface area (Å²) in [5, 5.41) is 11.7. The molecule has 0 aliphatic rings. The molecule has 0 aliphatic carbocycles. The fraction of sp³-hybridized carbons (Fsp3) is 0.462. The van der Waals surface area contributed by atoms with Gasteiger partial charge in [-0.1, -0.05) is 23.7 Å². The predicted octanol–water partition coefficient (Wildman–Crippen LogP) is 1.23. The molecule has 0 radical (unpaired) electrons. The Bertz CT molecular complexity index is 387. The Labute approximate surface area is 117 Å². The van der Waals surface area contributed by atoms with E-state index in [1.807, 2.05) is 0 Å². The summed E-state index contributed by atoms with van der Waals surface area (Å²) < 4.78 is 10.3. The van der Waals surface area contributed by atoms with E-state index in [0.29, 0.717) is 37.0 Å². The number of hydrogen-bond acceptors (Lipinski definition) is 4. The topological polar surface area (TPSA) is 67.8 Å². The molecular formula is C13H18ClNO4. The lowest BCUT2D eigenvalue weighted by Crippen LogP contribution is -2.30. The van der Waals surface area contributed by atoms with Crippen molar-refractivity contribution in [2.24, 2.45) is 0 Å². The van der Waals surface area contributed by atoms with E-state index < -0.39 is 0 Å². The molecule has 106 valence electrons. The summed E-state index contributed by atoms with van der Waals surface area (Å²) >= 11 is 5.89. The van der Waals surface area contributed by atoms with E-state index in [2.05, 4.69) is 5.32 Å². The fourth-order valence-corrected chi connectivity index (χ4v) is 1.52. The molecule has 0 saturated heterocycles. The third-order valence-electron chi connectivity index (χ3n) is 2.22. The lowest BCUT2D eigenvalue weighted by Gasteiger charge is -2.08. The molecule has 0 aliphatic heterocycles. The van der Waals surface area contributed by atoms with Crippen LogP contribution in [0.15, 0.2) is 24.3 Å². The van der Waals surface area contributed by atoms with Crippen LogP contribution < -0.4 is 10.1 Å². The number of para-hydroxylation sites is 1. The summed E-state index contributed by atoms with van der Waals surface area (Å²) in [7, 11) is 0. The number of carbonyl (C=O) groups is 1. The molecule has 19 heavy (non-hydrogen) atoms. The Hall–Kier alpha value is -1.30. The van der Waals surface area contributed by atoms with E-state index in [1.165, 1.54) is 0 Å². The zero-order valence-corrected chi connectivity index (χ0v) is 11.4. The number of amides is 1. The van der Waals surface area contributed by atoms with Crippen molar-refractivity contribution in [1.82, 2.24) is 5.32 Å². The maximum atomic E-state index is 11.5. The minimum atomic E-state index is -0.206. The molecular weight excluding hydrogens is 270 g/mol. The number of ether oxygens (including phenoxy) is 2. The molecule has 0 saturated carbocycles. The first-order chi connectivity index (χ1) is 9.24. The minimum Gasteiger partial charge on any atom is -0.482 e. The molecule has 6 heteroatoms. The second-order valence-corrected chi connectivity index (χ2v) is 4.17. The number of hydrogen-bond donors (Lipinski definition) is 2. The highest BCUT2D eigenvalue weighted by molar-refractivity contribution is 6.32. The molecule has 1 aromatic carbocycles. The van der Waals surface area contributed by atoms with E-state index in [-0.39, 0.29) is 19.1 Å². The SMILES string of the molecule is O=C(COc1ccccc1Cl)NCCCOCCO. The number of benzene rings is 1. The van der Waals surface area contributed by atoms with Crippen molar-refractivity contribution < 1.29 is 19.4 Å². The van der Waals surface area contributed by atoms with Gasteiger partial charge in [0, 0.05) is 13.2 Å². The molecule has 0 aromatic heterocycles. The van der Waals surface area contributed by atoms with Crippen LogP contribution in [-0.4, -0.2) is 44.0 Å². The van der Waals surface area contributed by atoms with Gasteiger partial charge in [0.15, 0.2) is 6.61 Å². The molecule has 0 fully saturated rings. The molecule has 0 atom stereocenters. The molecule has 1 aromatic rings. The second-order valence-electron chi connectivity index (χ2n) is 3.76. The van der Waals surface area contributed by atoms with Crippen LogP contribution in [0.5, 0.6) is 5.75 Å². The maximum Gasteiger partial charge on any atom is 0.257 e. The van der Waals surface area contributed by atoms with Crippen molar-refractivity contribution >= 4 is 17.5 Å². The minimum absolute atomic E-state index is 0.0119. The average Bonchev–Trinajstić information content (AvgIpc) is 2.42. The number of halogens is 1. The maximum absolute atomic E-state index is 11.5. The first-order valence-electron chi connectivity index (χ1n) is 6.06. The first kappa shape index (κ1) is 15.8. The third-order valence-corrected chi connectivity index (χ3v) is 2.53. The summed E-state index contributed by atoms with van der Waals surface area (Å²) in [5.41, 5.74) is 0. The molecule has 1 rings (SSSR count). The Morgan fingerprint density at radius 3 is 2.84 bits per heavy atom. The number of carbonyl (C=O) groups excluding carboxylic acids is 1. The summed E-state index contributed by atoms with van der Waals surface area (Å²) in [6.45, 7) is 1.28. The van der Waals surface area contributed by atoms with E-state index in [0.717, 1.165) is 0 Å². The molecule has 2 N–H and O–H groups in total. The zero-order chi connectivity index (χ0) is 13.9. The molecule has 0 spiro atoms. The van der Waals surface area contributed by atoms with Crippen LogP contribution >= 0.6 is 11.6 Å². The van der Waals surface area contributed by atoms with Gasteiger partial charge in [-0.25, -0.2) is 0 Å². The van der Waals surface area contributed by atoms with Gasteiger partial charge in [-0.2, -0.15) is 0 Å². The molecule has 0 bridgehead atoms. The highest BCUT2D eigenvalue weighted by atomic mass is 35.5. The second kappa shape index (κ2) is 9.61. The van der Waals surface area contributed by atoms with Gasteiger partial charge in [-0.15, -0.1) is 0 Å².